The fourth-order valence-corrected chi connectivity index (χ4v) is 1.95. The van der Waals surface area contributed by atoms with Crippen LogP contribution < -0.4 is 0 Å². The Bertz CT molecular complexity index is 585. The molecule has 0 bridgehead atoms. The summed E-state index contributed by atoms with van der Waals surface area (Å²) >= 11 is 6.23. The first-order chi connectivity index (χ1) is 7.79. The number of halogens is 2. The zero-order valence-corrected chi connectivity index (χ0v) is 11.2. The molecule has 3 heteroatoms. The molecule has 1 heterocycles. The summed E-state index contributed by atoms with van der Waals surface area (Å²) in [6.45, 7) is 7.90. The van der Waals surface area contributed by atoms with Crippen molar-refractivity contribution in [3.8, 4) is 0 Å². The molecule has 0 amide bonds. The highest BCUT2D eigenvalue weighted by molar-refractivity contribution is 6.35. The van der Waals surface area contributed by atoms with Gasteiger partial charge in [0.05, 0.1) is 10.5 Å². The van der Waals surface area contributed by atoms with Crippen molar-refractivity contribution in [3.05, 3.63) is 40.3 Å². The highest BCUT2D eigenvalue weighted by Crippen LogP contribution is 2.30. The van der Waals surface area contributed by atoms with Crippen LogP contribution in [0.2, 0.25) is 5.02 Å². The van der Waals surface area contributed by atoms with Gasteiger partial charge in [-0.05, 0) is 24.6 Å². The lowest BCUT2D eigenvalue weighted by atomic mass is 9.91. The molecule has 0 saturated heterocycles. The van der Waals surface area contributed by atoms with Crippen molar-refractivity contribution < 1.29 is 4.39 Å². The fourth-order valence-electron chi connectivity index (χ4n) is 1.70. The Kier molecular flexibility index (Phi) is 2.86. The fraction of sp³-hybridized carbons (Fsp3) is 0.357. The van der Waals surface area contributed by atoms with Crippen LogP contribution in [0.3, 0.4) is 0 Å². The van der Waals surface area contributed by atoms with E-state index in [1.807, 2.05) is 6.07 Å². The normalized spacial score (nSPS) is 12.1. The summed E-state index contributed by atoms with van der Waals surface area (Å²) in [6.07, 6.45) is 0. The van der Waals surface area contributed by atoms with E-state index in [9.17, 15) is 4.39 Å². The van der Waals surface area contributed by atoms with Gasteiger partial charge in [-0.3, -0.25) is 4.98 Å². The highest BCUT2D eigenvalue weighted by atomic mass is 35.5. The molecule has 0 unspecified atom stereocenters. The smallest absolute Gasteiger partial charge is 0.128 e. The van der Waals surface area contributed by atoms with Crippen molar-refractivity contribution in [1.82, 2.24) is 4.98 Å². The van der Waals surface area contributed by atoms with Crippen molar-refractivity contribution in [2.24, 2.45) is 0 Å². The first-order valence-electron chi connectivity index (χ1n) is 5.56. The van der Waals surface area contributed by atoms with E-state index in [4.69, 9.17) is 11.6 Å². The summed E-state index contributed by atoms with van der Waals surface area (Å²) in [5.74, 6) is -0.243. The van der Waals surface area contributed by atoms with Gasteiger partial charge in [0.2, 0.25) is 0 Å². The van der Waals surface area contributed by atoms with Crippen LogP contribution in [-0.2, 0) is 5.41 Å². The van der Waals surface area contributed by atoms with Gasteiger partial charge in [0.25, 0.3) is 0 Å². The minimum absolute atomic E-state index is 0.0980. The van der Waals surface area contributed by atoms with Gasteiger partial charge < -0.3 is 0 Å². The van der Waals surface area contributed by atoms with Crippen LogP contribution in [0, 0.1) is 12.7 Å². The molecule has 0 saturated carbocycles. The monoisotopic (exact) mass is 251 g/mol. The maximum Gasteiger partial charge on any atom is 0.128 e. The highest BCUT2D eigenvalue weighted by Gasteiger charge is 2.18. The number of pyridine rings is 1. The molecular weight excluding hydrogens is 237 g/mol. The van der Waals surface area contributed by atoms with Crippen molar-refractivity contribution in [2.45, 2.75) is 33.1 Å². The summed E-state index contributed by atoms with van der Waals surface area (Å²) in [5.41, 5.74) is 1.98. The van der Waals surface area contributed by atoms with E-state index in [0.717, 1.165) is 11.1 Å². The Labute approximate surface area is 106 Å². The van der Waals surface area contributed by atoms with Crippen LogP contribution in [0.5, 0.6) is 0 Å². The van der Waals surface area contributed by atoms with E-state index in [0.29, 0.717) is 16.1 Å². The average Bonchev–Trinajstić information content (AvgIpc) is 2.19. The molecule has 2 rings (SSSR count). The Morgan fingerprint density at radius 3 is 2.41 bits per heavy atom. The molecule has 0 N–H and O–H groups in total. The van der Waals surface area contributed by atoms with Crippen molar-refractivity contribution >= 4 is 22.5 Å². The Hall–Kier alpha value is -1.15. The van der Waals surface area contributed by atoms with Crippen LogP contribution in [0.25, 0.3) is 10.9 Å². The van der Waals surface area contributed by atoms with Crippen LogP contribution >= 0.6 is 11.6 Å². The van der Waals surface area contributed by atoms with Crippen molar-refractivity contribution in [1.29, 1.82) is 0 Å². The zero-order valence-electron chi connectivity index (χ0n) is 10.4. The molecule has 0 atom stereocenters. The molecular formula is C14H15ClFN. The molecule has 1 aromatic heterocycles. The third-order valence-corrected chi connectivity index (χ3v) is 3.12. The molecule has 0 aliphatic rings. The van der Waals surface area contributed by atoms with E-state index in [1.165, 1.54) is 6.07 Å². The topological polar surface area (TPSA) is 12.9 Å². The standard InChI is InChI=1S/C14H15ClFN/c1-8-5-9-10(15)6-13(14(2,3)4)17-12(9)7-11(8)16/h5-7H,1-4H3. The third kappa shape index (κ3) is 2.27. The second-order valence-electron chi connectivity index (χ2n) is 5.36. The maximum absolute atomic E-state index is 13.5. The molecule has 1 aromatic carbocycles. The zero-order chi connectivity index (χ0) is 12.8. The molecule has 0 aliphatic heterocycles. The molecule has 17 heavy (non-hydrogen) atoms. The number of hydrogen-bond acceptors (Lipinski definition) is 1. The van der Waals surface area contributed by atoms with Crippen molar-refractivity contribution in [2.75, 3.05) is 0 Å². The SMILES string of the molecule is Cc1cc2c(Cl)cc(C(C)(C)C)nc2cc1F. The molecule has 90 valence electrons. The summed E-state index contributed by atoms with van der Waals surface area (Å²) in [6, 6.07) is 5.06. The molecule has 0 aliphatic carbocycles. The van der Waals surface area contributed by atoms with Crippen LogP contribution in [0.1, 0.15) is 32.0 Å². The van der Waals surface area contributed by atoms with Crippen LogP contribution in [0.4, 0.5) is 4.39 Å². The van der Waals surface area contributed by atoms with Gasteiger partial charge in [-0.2, -0.15) is 0 Å². The Balaban J connectivity index is 2.78. The Morgan fingerprint density at radius 1 is 1.18 bits per heavy atom. The second-order valence-corrected chi connectivity index (χ2v) is 5.77. The van der Waals surface area contributed by atoms with Crippen LogP contribution in [-0.4, -0.2) is 4.98 Å². The molecule has 0 radical (unpaired) electrons. The number of rotatable bonds is 0. The van der Waals surface area contributed by atoms with Gasteiger partial charge >= 0.3 is 0 Å². The molecule has 0 fully saturated rings. The number of aromatic nitrogens is 1. The second kappa shape index (κ2) is 3.95. The number of fused-ring (bicyclic) bond motifs is 1. The van der Waals surface area contributed by atoms with Gasteiger partial charge in [0, 0.05) is 22.6 Å². The predicted octanol–water partition coefficient (Wildman–Crippen LogP) is 4.63. The van der Waals surface area contributed by atoms with Gasteiger partial charge in [-0.15, -0.1) is 0 Å². The lowest BCUT2D eigenvalue weighted by Crippen LogP contribution is -2.13. The number of hydrogen-bond donors (Lipinski definition) is 0. The maximum atomic E-state index is 13.5. The van der Waals surface area contributed by atoms with Gasteiger partial charge in [0.15, 0.2) is 0 Å². The third-order valence-electron chi connectivity index (χ3n) is 2.81. The van der Waals surface area contributed by atoms with E-state index in [1.54, 1.807) is 13.0 Å². The van der Waals surface area contributed by atoms with Gasteiger partial charge in [0.1, 0.15) is 5.82 Å². The number of benzene rings is 1. The summed E-state index contributed by atoms with van der Waals surface area (Å²) < 4.78 is 13.5. The van der Waals surface area contributed by atoms with Gasteiger partial charge in [-0.25, -0.2) is 4.39 Å². The first-order valence-corrected chi connectivity index (χ1v) is 5.94. The van der Waals surface area contributed by atoms with Gasteiger partial charge in [-0.1, -0.05) is 32.4 Å². The van der Waals surface area contributed by atoms with E-state index < -0.39 is 0 Å². The summed E-state index contributed by atoms with van der Waals surface area (Å²) in [5, 5.41) is 1.43. The average molecular weight is 252 g/mol. The number of nitrogens with zero attached hydrogens (tertiary/aromatic N) is 1. The quantitative estimate of drug-likeness (QED) is 0.665. The number of aryl methyl sites for hydroxylation is 1. The van der Waals surface area contributed by atoms with Crippen LogP contribution in [0.15, 0.2) is 18.2 Å². The summed E-state index contributed by atoms with van der Waals surface area (Å²) in [4.78, 5) is 4.48. The largest absolute Gasteiger partial charge is 0.252 e. The minimum atomic E-state index is -0.243. The molecule has 0 spiro atoms. The molecule has 1 nitrogen and oxygen atoms in total. The predicted molar refractivity (Wildman–Crippen MR) is 70.1 cm³/mol. The summed E-state index contributed by atoms with van der Waals surface area (Å²) in [7, 11) is 0. The molecule has 2 aromatic rings. The Morgan fingerprint density at radius 2 is 1.82 bits per heavy atom. The lowest BCUT2D eigenvalue weighted by Gasteiger charge is -2.19. The first kappa shape index (κ1) is 12.3. The van der Waals surface area contributed by atoms with E-state index >= 15 is 0 Å². The van der Waals surface area contributed by atoms with E-state index in [2.05, 4.69) is 25.8 Å². The lowest BCUT2D eigenvalue weighted by molar-refractivity contribution is 0.571. The van der Waals surface area contributed by atoms with E-state index in [-0.39, 0.29) is 11.2 Å². The van der Waals surface area contributed by atoms with Crippen molar-refractivity contribution in [3.63, 3.8) is 0 Å². The minimum Gasteiger partial charge on any atom is -0.252 e.